The average Bonchev–Trinajstić information content (AvgIpc) is 3.06. The molecular weight excluding hydrogens is 390 g/mol. The van der Waals surface area contributed by atoms with Gasteiger partial charge < -0.3 is 10.1 Å². The number of ether oxygens (including phenoxy) is 1. The molecule has 0 atom stereocenters. The molecule has 0 aliphatic heterocycles. The van der Waals surface area contributed by atoms with Crippen LogP contribution >= 0.6 is 11.3 Å². The Bertz CT molecular complexity index is 1160. The highest BCUT2D eigenvalue weighted by Gasteiger charge is 2.23. The lowest BCUT2D eigenvalue weighted by Crippen LogP contribution is -2.40. The van der Waals surface area contributed by atoms with E-state index in [2.05, 4.69) is 0 Å². The van der Waals surface area contributed by atoms with Crippen LogP contribution in [0.25, 0.3) is 10.2 Å². The van der Waals surface area contributed by atoms with Crippen molar-refractivity contribution < 1.29 is 9.53 Å². The third kappa shape index (κ3) is 4.07. The van der Waals surface area contributed by atoms with Crippen LogP contribution in [0.4, 0.5) is 0 Å². The molecule has 7 nitrogen and oxygen atoms in total. The van der Waals surface area contributed by atoms with Crippen LogP contribution in [-0.2, 0) is 24.2 Å². The molecule has 0 saturated carbocycles. The summed E-state index contributed by atoms with van der Waals surface area (Å²) >= 11 is 1.12. The predicted octanol–water partition coefficient (Wildman–Crippen LogP) is 2.99. The van der Waals surface area contributed by atoms with Crippen LogP contribution in [0.15, 0.2) is 39.9 Å². The number of carbonyl (C=O) groups excluding carboxylic acids is 1. The molecule has 2 aromatic heterocycles. The van der Waals surface area contributed by atoms with Gasteiger partial charge in [0, 0.05) is 19.5 Å². The van der Waals surface area contributed by atoms with Gasteiger partial charge in [-0.25, -0.2) is 9.59 Å². The van der Waals surface area contributed by atoms with Gasteiger partial charge in [0.25, 0.3) is 5.56 Å². The predicted molar refractivity (Wildman–Crippen MR) is 115 cm³/mol. The Balaban J connectivity index is 2.19. The van der Waals surface area contributed by atoms with Crippen molar-refractivity contribution in [3.05, 3.63) is 67.2 Å². The van der Waals surface area contributed by atoms with Crippen LogP contribution in [-0.4, -0.2) is 27.9 Å². The highest BCUT2D eigenvalue weighted by molar-refractivity contribution is 7.20. The maximum atomic E-state index is 13.1. The summed E-state index contributed by atoms with van der Waals surface area (Å²) in [5.74, 6) is -0.487. The van der Waals surface area contributed by atoms with Gasteiger partial charge in [0.05, 0.1) is 12.0 Å². The Morgan fingerprint density at radius 3 is 2.55 bits per heavy atom. The summed E-state index contributed by atoms with van der Waals surface area (Å²) in [6, 6.07) is 9.77. The first-order valence-electron chi connectivity index (χ1n) is 9.46. The number of benzene rings is 1. The highest BCUT2D eigenvalue weighted by Crippen LogP contribution is 2.28. The first kappa shape index (κ1) is 20.7. The first-order valence-corrected chi connectivity index (χ1v) is 10.3. The van der Waals surface area contributed by atoms with Crippen LogP contribution < -0.4 is 11.2 Å². The third-order valence-electron chi connectivity index (χ3n) is 4.72. The summed E-state index contributed by atoms with van der Waals surface area (Å²) in [6.45, 7) is 4.18. The standard InChI is InChI=1S/C21H23N3O4S/c1-3-28-20(26)17-14(2)16-18(25)23(12-7-11-22)21(27)24(19(16)29-17)13-10-15-8-5-4-6-9-15/h4-6,8-9,11,22H,3,7,10,12-13H2,1-2H3. The van der Waals surface area contributed by atoms with Gasteiger partial charge in [-0.3, -0.25) is 13.9 Å². The lowest BCUT2D eigenvalue weighted by molar-refractivity contribution is 0.0531. The third-order valence-corrected chi connectivity index (χ3v) is 6.01. The molecule has 0 fully saturated rings. The number of rotatable bonds is 8. The Kier molecular flexibility index (Phi) is 6.43. The van der Waals surface area contributed by atoms with Gasteiger partial charge in [-0.2, -0.15) is 0 Å². The Morgan fingerprint density at radius 1 is 1.17 bits per heavy atom. The van der Waals surface area contributed by atoms with E-state index in [4.69, 9.17) is 10.1 Å². The van der Waals surface area contributed by atoms with Crippen LogP contribution in [0.1, 0.15) is 34.1 Å². The molecule has 29 heavy (non-hydrogen) atoms. The molecule has 0 radical (unpaired) electrons. The van der Waals surface area contributed by atoms with Crippen molar-refractivity contribution in [3.8, 4) is 0 Å². The minimum atomic E-state index is -0.487. The summed E-state index contributed by atoms with van der Waals surface area (Å²) in [4.78, 5) is 39.3. The number of fused-ring (bicyclic) bond motifs is 1. The molecule has 2 heterocycles. The fourth-order valence-corrected chi connectivity index (χ4v) is 4.47. The smallest absolute Gasteiger partial charge is 0.348 e. The summed E-state index contributed by atoms with van der Waals surface area (Å²) < 4.78 is 7.84. The number of aryl methyl sites for hydroxylation is 3. The number of hydrogen-bond acceptors (Lipinski definition) is 6. The van der Waals surface area contributed by atoms with E-state index in [-0.39, 0.29) is 19.6 Å². The fraction of sp³-hybridized carbons (Fsp3) is 0.333. The zero-order valence-electron chi connectivity index (χ0n) is 16.4. The lowest BCUT2D eigenvalue weighted by atomic mass is 10.1. The molecule has 1 N–H and O–H groups in total. The number of thiophene rings is 1. The van der Waals surface area contributed by atoms with Crippen molar-refractivity contribution in [2.75, 3.05) is 6.61 Å². The molecule has 0 amide bonds. The second-order valence-electron chi connectivity index (χ2n) is 6.58. The van der Waals surface area contributed by atoms with E-state index in [1.54, 1.807) is 18.4 Å². The van der Waals surface area contributed by atoms with E-state index in [0.717, 1.165) is 21.5 Å². The summed E-state index contributed by atoms with van der Waals surface area (Å²) in [6.07, 6.45) is 2.08. The number of nitrogens with zero attached hydrogens (tertiary/aromatic N) is 2. The van der Waals surface area contributed by atoms with Gasteiger partial charge in [-0.1, -0.05) is 30.3 Å². The zero-order valence-corrected chi connectivity index (χ0v) is 17.3. The monoisotopic (exact) mass is 413 g/mol. The van der Waals surface area contributed by atoms with Crippen LogP contribution in [0.2, 0.25) is 0 Å². The minimum Gasteiger partial charge on any atom is -0.462 e. The summed E-state index contributed by atoms with van der Waals surface area (Å²) in [7, 11) is 0. The van der Waals surface area contributed by atoms with E-state index in [1.807, 2.05) is 30.3 Å². The van der Waals surface area contributed by atoms with Crippen LogP contribution in [0.3, 0.4) is 0 Å². The Labute approximate surface area is 171 Å². The van der Waals surface area contributed by atoms with Gasteiger partial charge >= 0.3 is 11.7 Å². The van der Waals surface area contributed by atoms with Crippen molar-refractivity contribution in [2.24, 2.45) is 0 Å². The van der Waals surface area contributed by atoms with Crippen molar-refractivity contribution in [3.63, 3.8) is 0 Å². The van der Waals surface area contributed by atoms with E-state index in [9.17, 15) is 14.4 Å². The molecule has 8 heteroatoms. The molecule has 3 aromatic rings. The quantitative estimate of drug-likeness (QED) is 0.454. The minimum absolute atomic E-state index is 0.131. The molecule has 1 aromatic carbocycles. The van der Waals surface area contributed by atoms with Crippen molar-refractivity contribution in [2.45, 2.75) is 39.8 Å². The molecule has 0 aliphatic carbocycles. The second kappa shape index (κ2) is 9.00. The van der Waals surface area contributed by atoms with Gasteiger partial charge in [0.1, 0.15) is 9.71 Å². The number of carbonyl (C=O) groups is 1. The number of aromatic nitrogens is 2. The zero-order chi connectivity index (χ0) is 21.0. The number of esters is 1. The lowest BCUT2D eigenvalue weighted by Gasteiger charge is -2.11. The molecule has 0 unspecified atom stereocenters. The van der Waals surface area contributed by atoms with Crippen LogP contribution in [0, 0.1) is 12.3 Å². The summed E-state index contributed by atoms with van der Waals surface area (Å²) in [5.41, 5.74) is 0.762. The maximum absolute atomic E-state index is 13.1. The first-order chi connectivity index (χ1) is 14.0. The van der Waals surface area contributed by atoms with Crippen LogP contribution in [0.5, 0.6) is 0 Å². The Hall–Kier alpha value is -3.00. The van der Waals surface area contributed by atoms with E-state index < -0.39 is 17.2 Å². The molecule has 0 saturated heterocycles. The summed E-state index contributed by atoms with van der Waals surface area (Å²) in [5, 5.41) is 7.61. The largest absolute Gasteiger partial charge is 0.462 e. The van der Waals surface area contributed by atoms with Crippen molar-refractivity contribution in [1.82, 2.24) is 9.13 Å². The molecule has 0 bridgehead atoms. The fourth-order valence-electron chi connectivity index (χ4n) is 3.26. The molecule has 0 spiro atoms. The van der Waals surface area contributed by atoms with Gasteiger partial charge in [-0.15, -0.1) is 11.3 Å². The number of hydrogen-bond donors (Lipinski definition) is 1. The second-order valence-corrected chi connectivity index (χ2v) is 7.58. The molecule has 0 aliphatic rings. The van der Waals surface area contributed by atoms with E-state index >= 15 is 0 Å². The molecule has 3 rings (SSSR count). The topological polar surface area (TPSA) is 94.2 Å². The SMILES string of the molecule is CCOC(=O)c1sc2c(c1C)c(=O)n(CCC=N)c(=O)n2CCc1ccccc1. The molecule has 152 valence electrons. The Morgan fingerprint density at radius 2 is 1.90 bits per heavy atom. The van der Waals surface area contributed by atoms with Gasteiger partial charge in [-0.05, 0) is 37.6 Å². The normalized spacial score (nSPS) is 11.0. The maximum Gasteiger partial charge on any atom is 0.348 e. The van der Waals surface area contributed by atoms with E-state index in [0.29, 0.717) is 33.6 Å². The number of nitrogens with one attached hydrogen (secondary N) is 1. The highest BCUT2D eigenvalue weighted by atomic mass is 32.1. The van der Waals surface area contributed by atoms with Crippen molar-refractivity contribution >= 4 is 33.7 Å². The van der Waals surface area contributed by atoms with Crippen molar-refractivity contribution in [1.29, 1.82) is 5.41 Å². The van der Waals surface area contributed by atoms with Gasteiger partial charge in [0.2, 0.25) is 0 Å². The average molecular weight is 413 g/mol. The molecular formula is C21H23N3O4S. The van der Waals surface area contributed by atoms with E-state index in [1.165, 1.54) is 6.21 Å². The van der Waals surface area contributed by atoms with Gasteiger partial charge in [0.15, 0.2) is 0 Å².